The van der Waals surface area contributed by atoms with Crippen molar-refractivity contribution in [3.8, 4) is 0 Å². The molecule has 7 heteroatoms. The molecule has 0 aromatic carbocycles. The predicted molar refractivity (Wildman–Crippen MR) is 130 cm³/mol. The van der Waals surface area contributed by atoms with Gasteiger partial charge < -0.3 is 20.1 Å². The van der Waals surface area contributed by atoms with Crippen molar-refractivity contribution in [2.45, 2.75) is 51.7 Å². The smallest absolute Gasteiger partial charge is 0.264 e. The number of hydrogen-bond donors (Lipinski definition) is 2. The van der Waals surface area contributed by atoms with Crippen LogP contribution >= 0.6 is 11.3 Å². The van der Waals surface area contributed by atoms with Crippen molar-refractivity contribution in [2.75, 3.05) is 25.6 Å². The number of carbonyl (C=O) groups excluding carboxylic acids is 1. The molecule has 1 aliphatic carbocycles. The van der Waals surface area contributed by atoms with Crippen LogP contribution in [-0.4, -0.2) is 42.7 Å². The van der Waals surface area contributed by atoms with Crippen LogP contribution in [0.1, 0.15) is 55.3 Å². The third-order valence-electron chi connectivity index (χ3n) is 5.84. The fourth-order valence-corrected chi connectivity index (χ4v) is 5.90. The number of aromatic nitrogens is 1. The molecule has 1 aliphatic heterocycles. The number of thiophene rings is 1. The summed E-state index contributed by atoms with van der Waals surface area (Å²) in [5.74, 6) is 0.872. The van der Waals surface area contributed by atoms with Gasteiger partial charge in [0.25, 0.3) is 5.91 Å². The molecule has 2 aromatic heterocycles. The van der Waals surface area contributed by atoms with Gasteiger partial charge in [-0.1, -0.05) is 23.8 Å². The van der Waals surface area contributed by atoms with Crippen molar-refractivity contribution in [3.05, 3.63) is 57.8 Å². The topological polar surface area (TPSA) is 74.7 Å². The molecule has 0 spiro atoms. The molecule has 0 radical (unpaired) electrons. The van der Waals surface area contributed by atoms with E-state index in [0.29, 0.717) is 11.5 Å². The average molecular weight is 454 g/mol. The van der Waals surface area contributed by atoms with Crippen molar-refractivity contribution >= 4 is 33.1 Å². The highest BCUT2D eigenvalue weighted by molar-refractivity contribution is 7.21. The molecule has 0 bridgehead atoms. The molecule has 2 aliphatic rings. The Morgan fingerprint density at radius 1 is 1.41 bits per heavy atom. The van der Waals surface area contributed by atoms with Crippen molar-refractivity contribution < 1.29 is 14.6 Å². The molecular formula is C25H31N3O3S. The van der Waals surface area contributed by atoms with Gasteiger partial charge in [0.15, 0.2) is 0 Å². The Hall–Kier alpha value is -2.64. The first-order valence-electron chi connectivity index (χ1n) is 11.0. The summed E-state index contributed by atoms with van der Waals surface area (Å²) < 4.78 is 6.65. The maximum absolute atomic E-state index is 13.5. The van der Waals surface area contributed by atoms with Gasteiger partial charge in [-0.2, -0.15) is 0 Å². The standard InChI is InChI=1S/C25H31N3O3S/c1-15(2)14-25(3,30)17-10-12-26-20-21(28(4)5)23(32-22(17)20)24(29)27-18-11-13-31-19-9-7-6-8-16(18)19/h6,8,10,12,14,18,30H,7,9,11,13H2,1-5H3,(H,27,29). The van der Waals surface area contributed by atoms with Gasteiger partial charge in [-0.05, 0) is 33.3 Å². The first-order chi connectivity index (χ1) is 15.2. The lowest BCUT2D eigenvalue weighted by Crippen LogP contribution is -2.39. The third-order valence-corrected chi connectivity index (χ3v) is 7.04. The second kappa shape index (κ2) is 8.71. The van der Waals surface area contributed by atoms with Crippen molar-refractivity contribution in [1.82, 2.24) is 10.3 Å². The zero-order valence-electron chi connectivity index (χ0n) is 19.4. The van der Waals surface area contributed by atoms with E-state index in [-0.39, 0.29) is 11.9 Å². The number of aliphatic hydroxyl groups is 1. The Bertz CT molecular complexity index is 1140. The van der Waals surface area contributed by atoms with Gasteiger partial charge in [-0.3, -0.25) is 9.78 Å². The van der Waals surface area contributed by atoms with Gasteiger partial charge in [0.1, 0.15) is 21.8 Å². The maximum atomic E-state index is 13.5. The highest BCUT2D eigenvalue weighted by atomic mass is 32.1. The Balaban J connectivity index is 1.76. The Kier molecular flexibility index (Phi) is 6.14. The molecule has 2 aromatic rings. The minimum atomic E-state index is -1.16. The van der Waals surface area contributed by atoms with Gasteiger partial charge >= 0.3 is 0 Å². The SMILES string of the molecule is CC(C)=CC(C)(O)c1ccnc2c(N(C)C)c(C(=O)NC3CCOC4=C3C=CCC4)sc12. The zero-order chi connectivity index (χ0) is 23.0. The molecule has 0 saturated carbocycles. The summed E-state index contributed by atoms with van der Waals surface area (Å²) in [4.78, 5) is 20.6. The highest BCUT2D eigenvalue weighted by Crippen LogP contribution is 2.42. The number of amides is 1. The first kappa shape index (κ1) is 22.6. The molecule has 3 heterocycles. The second-order valence-electron chi connectivity index (χ2n) is 9.06. The maximum Gasteiger partial charge on any atom is 0.264 e. The molecule has 170 valence electrons. The summed E-state index contributed by atoms with van der Waals surface area (Å²) in [7, 11) is 3.83. The summed E-state index contributed by atoms with van der Waals surface area (Å²) in [6, 6.07) is 1.77. The van der Waals surface area contributed by atoms with Gasteiger partial charge in [0.2, 0.25) is 0 Å². The molecule has 0 fully saturated rings. The summed E-state index contributed by atoms with van der Waals surface area (Å²) in [5, 5.41) is 14.4. The van der Waals surface area contributed by atoms with Crippen LogP contribution in [0.5, 0.6) is 0 Å². The molecule has 4 rings (SSSR count). The fraction of sp³-hybridized carbons (Fsp3) is 0.440. The lowest BCUT2D eigenvalue weighted by atomic mass is 9.94. The summed E-state index contributed by atoms with van der Waals surface area (Å²) >= 11 is 1.39. The van der Waals surface area contributed by atoms with Gasteiger partial charge in [-0.25, -0.2) is 0 Å². The Labute approximate surface area is 193 Å². The van der Waals surface area contributed by atoms with E-state index in [9.17, 15) is 9.90 Å². The number of allylic oxidation sites excluding steroid dienone is 3. The second-order valence-corrected chi connectivity index (χ2v) is 10.1. The van der Waals surface area contributed by atoms with Crippen LogP contribution in [0.4, 0.5) is 5.69 Å². The number of carbonyl (C=O) groups is 1. The van der Waals surface area contributed by atoms with Crippen LogP contribution in [-0.2, 0) is 10.3 Å². The minimum Gasteiger partial charge on any atom is -0.497 e. The van der Waals surface area contributed by atoms with Crippen LogP contribution in [0.2, 0.25) is 0 Å². The van der Waals surface area contributed by atoms with Crippen molar-refractivity contribution in [3.63, 3.8) is 0 Å². The van der Waals surface area contributed by atoms with E-state index in [2.05, 4.69) is 22.5 Å². The van der Waals surface area contributed by atoms with E-state index in [1.165, 1.54) is 11.3 Å². The predicted octanol–water partition coefficient (Wildman–Crippen LogP) is 4.66. The molecule has 2 unspecified atom stereocenters. The summed E-state index contributed by atoms with van der Waals surface area (Å²) in [5.41, 5.74) is 3.20. The number of fused-ring (bicyclic) bond motifs is 1. The quantitative estimate of drug-likeness (QED) is 0.644. The van der Waals surface area contributed by atoms with Crippen molar-refractivity contribution in [2.24, 2.45) is 0 Å². The van der Waals surface area contributed by atoms with Crippen LogP contribution in [0.3, 0.4) is 0 Å². The average Bonchev–Trinajstić information content (AvgIpc) is 3.13. The molecule has 32 heavy (non-hydrogen) atoms. The number of nitrogens with zero attached hydrogens (tertiary/aromatic N) is 2. The molecule has 6 nitrogen and oxygen atoms in total. The van der Waals surface area contributed by atoms with Crippen LogP contribution < -0.4 is 10.2 Å². The summed E-state index contributed by atoms with van der Waals surface area (Å²) in [6.45, 7) is 6.31. The largest absolute Gasteiger partial charge is 0.497 e. The molecule has 1 amide bonds. The van der Waals surface area contributed by atoms with Crippen LogP contribution in [0.25, 0.3) is 10.2 Å². The summed E-state index contributed by atoms with van der Waals surface area (Å²) in [6.07, 6.45) is 10.4. The van der Waals surface area contributed by atoms with E-state index in [0.717, 1.165) is 57.6 Å². The van der Waals surface area contributed by atoms with Gasteiger partial charge in [0.05, 0.1) is 23.0 Å². The lowest BCUT2D eigenvalue weighted by Gasteiger charge is -2.30. The molecule has 2 atom stereocenters. The highest BCUT2D eigenvalue weighted by Gasteiger charge is 2.31. The molecule has 0 saturated heterocycles. The van der Waals surface area contributed by atoms with Gasteiger partial charge in [-0.15, -0.1) is 11.3 Å². The number of hydrogen-bond acceptors (Lipinski definition) is 6. The third kappa shape index (κ3) is 4.19. The van der Waals surface area contributed by atoms with Crippen LogP contribution in [0.15, 0.2) is 47.4 Å². The Morgan fingerprint density at radius 3 is 2.91 bits per heavy atom. The number of rotatable bonds is 5. The lowest BCUT2D eigenvalue weighted by molar-refractivity contribution is 0.0925. The Morgan fingerprint density at radius 2 is 2.19 bits per heavy atom. The number of ether oxygens (including phenoxy) is 1. The number of anilines is 1. The van der Waals surface area contributed by atoms with E-state index in [1.54, 1.807) is 13.1 Å². The number of pyridine rings is 1. The monoisotopic (exact) mass is 453 g/mol. The first-order valence-corrected chi connectivity index (χ1v) is 11.8. The van der Waals surface area contributed by atoms with Gasteiger partial charge in [0, 0.05) is 44.3 Å². The number of nitrogens with one attached hydrogen (secondary N) is 1. The van der Waals surface area contributed by atoms with E-state index < -0.39 is 5.60 Å². The normalized spacial score (nSPS) is 19.8. The van der Waals surface area contributed by atoms with Crippen molar-refractivity contribution in [1.29, 1.82) is 0 Å². The fourth-order valence-electron chi connectivity index (χ4n) is 4.54. The van der Waals surface area contributed by atoms with Crippen LogP contribution in [0, 0.1) is 0 Å². The molecular weight excluding hydrogens is 422 g/mol. The zero-order valence-corrected chi connectivity index (χ0v) is 20.2. The van der Waals surface area contributed by atoms with E-state index >= 15 is 0 Å². The minimum absolute atomic E-state index is 0.0655. The molecule has 2 N–H and O–H groups in total. The van der Waals surface area contributed by atoms with E-state index in [4.69, 9.17) is 4.74 Å². The van der Waals surface area contributed by atoms with E-state index in [1.807, 2.05) is 45.0 Å².